The Labute approximate surface area is 197 Å². The first kappa shape index (κ1) is 24.2. The summed E-state index contributed by atoms with van der Waals surface area (Å²) >= 11 is 0. The number of benzene rings is 2. The second kappa shape index (κ2) is 11.0. The molecule has 2 aliphatic rings. The van der Waals surface area contributed by atoms with Crippen LogP contribution in [0.15, 0.2) is 24.3 Å². The van der Waals surface area contributed by atoms with E-state index < -0.39 is 17.6 Å². The molecule has 0 spiro atoms. The third-order valence-corrected chi connectivity index (χ3v) is 8.34. The number of hydrogen-bond acceptors (Lipinski definition) is 2. The van der Waals surface area contributed by atoms with Gasteiger partial charge in [0, 0.05) is 0 Å². The zero-order chi connectivity index (χ0) is 23.4. The molecule has 2 fully saturated rings. The lowest BCUT2D eigenvalue weighted by atomic mass is 9.63. The largest absolute Gasteiger partial charge is 0.465 e. The molecule has 33 heavy (non-hydrogen) atoms. The molecule has 0 heterocycles. The Morgan fingerprint density at radius 1 is 0.970 bits per heavy atom. The lowest BCUT2D eigenvalue weighted by molar-refractivity contribution is 0.0596. The normalized spacial score (nSPS) is 25.1. The molecule has 4 rings (SSSR count). The zero-order valence-corrected chi connectivity index (χ0v) is 20.2. The van der Waals surface area contributed by atoms with Crippen LogP contribution in [-0.4, -0.2) is 13.1 Å². The number of esters is 1. The van der Waals surface area contributed by atoms with E-state index >= 15 is 0 Å². The van der Waals surface area contributed by atoms with Gasteiger partial charge in [0.15, 0.2) is 0 Å². The van der Waals surface area contributed by atoms with Gasteiger partial charge < -0.3 is 4.74 Å². The highest BCUT2D eigenvalue weighted by Crippen LogP contribution is 2.49. The number of hydrogen-bond donors (Lipinski definition) is 0. The topological polar surface area (TPSA) is 26.3 Å². The minimum Gasteiger partial charge on any atom is -0.465 e. The Bertz CT molecular complexity index is 970. The molecule has 0 aliphatic heterocycles. The molecule has 0 N–H and O–H groups in total. The highest BCUT2D eigenvalue weighted by molar-refractivity contribution is 5.96. The van der Waals surface area contributed by atoms with Crippen molar-refractivity contribution in [3.05, 3.63) is 47.0 Å². The van der Waals surface area contributed by atoms with Gasteiger partial charge >= 0.3 is 5.97 Å². The summed E-state index contributed by atoms with van der Waals surface area (Å²) in [5, 5.41) is 0.402. The molecule has 2 aromatic rings. The summed E-state index contributed by atoms with van der Waals surface area (Å²) in [7, 11) is 1.20. The Kier molecular flexibility index (Phi) is 8.03. The first-order chi connectivity index (χ1) is 16.0. The Hall–Kier alpha value is -1.97. The van der Waals surface area contributed by atoms with E-state index in [1.54, 1.807) is 6.07 Å². The summed E-state index contributed by atoms with van der Waals surface area (Å²) in [6.45, 7) is 2.27. The fourth-order valence-electron chi connectivity index (χ4n) is 6.48. The summed E-state index contributed by atoms with van der Waals surface area (Å²) < 4.78 is 34.4. The maximum atomic E-state index is 15.0. The van der Waals surface area contributed by atoms with Crippen LogP contribution in [0.4, 0.5) is 8.78 Å². The Morgan fingerprint density at radius 3 is 2.52 bits per heavy atom. The van der Waals surface area contributed by atoms with E-state index in [0.717, 1.165) is 36.2 Å². The first-order valence-corrected chi connectivity index (χ1v) is 13.0. The summed E-state index contributed by atoms with van der Waals surface area (Å²) in [4.78, 5) is 11.8. The molecule has 2 aliphatic carbocycles. The smallest absolute Gasteiger partial charge is 0.340 e. The Balaban J connectivity index is 1.40. The monoisotopic (exact) mass is 456 g/mol. The van der Waals surface area contributed by atoms with Crippen LogP contribution in [0.3, 0.4) is 0 Å². The molecular weight excluding hydrogens is 418 g/mol. The number of methoxy groups -OCH3 is 1. The Morgan fingerprint density at radius 2 is 1.73 bits per heavy atom. The van der Waals surface area contributed by atoms with Gasteiger partial charge in [0.1, 0.15) is 11.6 Å². The highest BCUT2D eigenvalue weighted by Gasteiger charge is 2.36. The minimum absolute atomic E-state index is 0.116. The van der Waals surface area contributed by atoms with E-state index in [-0.39, 0.29) is 10.9 Å². The van der Waals surface area contributed by atoms with E-state index in [4.69, 9.17) is 0 Å². The van der Waals surface area contributed by atoms with Crippen LogP contribution in [0.25, 0.3) is 10.8 Å². The molecule has 2 nitrogen and oxygen atoms in total. The fourth-order valence-corrected chi connectivity index (χ4v) is 6.48. The average Bonchev–Trinajstić information content (AvgIpc) is 2.83. The minimum atomic E-state index is -0.833. The summed E-state index contributed by atoms with van der Waals surface area (Å²) in [6, 6.07) is 6.45. The number of carbonyl (C=O) groups excluding carboxylic acids is 1. The van der Waals surface area contributed by atoms with Crippen molar-refractivity contribution in [1.82, 2.24) is 0 Å². The lowest BCUT2D eigenvalue weighted by Gasteiger charge is -2.42. The molecule has 0 saturated heterocycles. The maximum Gasteiger partial charge on any atom is 0.340 e. The molecule has 2 saturated carbocycles. The lowest BCUT2D eigenvalue weighted by Crippen LogP contribution is -2.30. The molecule has 0 aromatic heterocycles. The van der Waals surface area contributed by atoms with Crippen LogP contribution in [0.1, 0.15) is 106 Å². The molecular formula is C29H38F2O2. The predicted octanol–water partition coefficient (Wildman–Crippen LogP) is 8.57. The van der Waals surface area contributed by atoms with Crippen molar-refractivity contribution in [3.8, 4) is 0 Å². The van der Waals surface area contributed by atoms with Crippen LogP contribution in [0, 0.1) is 29.4 Å². The third kappa shape index (κ3) is 5.41. The molecule has 180 valence electrons. The van der Waals surface area contributed by atoms with Crippen LogP contribution < -0.4 is 0 Å². The number of rotatable bonds is 8. The van der Waals surface area contributed by atoms with Gasteiger partial charge in [-0.05, 0) is 78.9 Å². The molecule has 0 amide bonds. The van der Waals surface area contributed by atoms with Gasteiger partial charge in [-0.15, -0.1) is 0 Å². The van der Waals surface area contributed by atoms with Gasteiger partial charge in [0.05, 0.1) is 18.1 Å². The number of unbranched alkanes of at least 4 members (excludes halogenated alkanes) is 4. The van der Waals surface area contributed by atoms with Gasteiger partial charge in [-0.2, -0.15) is 0 Å². The SMILES string of the molecule is CCCCCCCC1CC[C@@H]2CC(c3cc(F)c4c(F)c(C(=O)OC)ccc4c3)CC[C@H]2C1. The summed E-state index contributed by atoms with van der Waals surface area (Å²) in [5.41, 5.74) is 0.751. The van der Waals surface area contributed by atoms with Crippen molar-refractivity contribution in [1.29, 1.82) is 0 Å². The van der Waals surface area contributed by atoms with Crippen LogP contribution >= 0.6 is 0 Å². The van der Waals surface area contributed by atoms with Gasteiger partial charge in [-0.1, -0.05) is 64.0 Å². The van der Waals surface area contributed by atoms with Gasteiger partial charge in [-0.3, -0.25) is 0 Å². The maximum absolute atomic E-state index is 15.0. The van der Waals surface area contributed by atoms with Crippen molar-refractivity contribution >= 4 is 16.7 Å². The number of halogens is 2. The number of ether oxygens (including phenoxy) is 1. The standard InChI is InChI=1S/C29H38F2O2/c1-3-4-5-6-7-8-19-9-10-21-16-22(12-11-20(21)15-19)24-17-23-13-14-25(29(32)33-2)28(31)27(23)26(30)18-24/h13-14,17-22H,3-12,15-16H2,1-2H3/t19?,20-,21+,22?/m0/s1. The second-order valence-corrected chi connectivity index (χ2v) is 10.4. The van der Waals surface area contributed by atoms with Crippen LogP contribution in [0.2, 0.25) is 0 Å². The van der Waals surface area contributed by atoms with Crippen molar-refractivity contribution < 1.29 is 18.3 Å². The molecule has 4 heteroatoms. The van der Waals surface area contributed by atoms with Crippen molar-refractivity contribution in [2.75, 3.05) is 7.11 Å². The molecule has 2 aromatic carbocycles. The second-order valence-electron chi connectivity index (χ2n) is 10.4. The average molecular weight is 457 g/mol. The van der Waals surface area contributed by atoms with E-state index in [0.29, 0.717) is 11.3 Å². The van der Waals surface area contributed by atoms with Crippen molar-refractivity contribution in [3.63, 3.8) is 0 Å². The zero-order valence-electron chi connectivity index (χ0n) is 20.2. The number of fused-ring (bicyclic) bond motifs is 2. The third-order valence-electron chi connectivity index (χ3n) is 8.34. The van der Waals surface area contributed by atoms with E-state index in [1.165, 1.54) is 83.5 Å². The van der Waals surface area contributed by atoms with E-state index in [2.05, 4.69) is 11.7 Å². The van der Waals surface area contributed by atoms with Crippen molar-refractivity contribution in [2.24, 2.45) is 17.8 Å². The first-order valence-electron chi connectivity index (χ1n) is 13.0. The van der Waals surface area contributed by atoms with E-state index in [9.17, 15) is 13.6 Å². The quantitative estimate of drug-likeness (QED) is 0.294. The summed E-state index contributed by atoms with van der Waals surface area (Å²) in [5.74, 6) is 0.583. The molecule has 4 atom stereocenters. The predicted molar refractivity (Wildman–Crippen MR) is 129 cm³/mol. The van der Waals surface area contributed by atoms with Crippen LogP contribution in [-0.2, 0) is 4.74 Å². The highest BCUT2D eigenvalue weighted by atomic mass is 19.1. The summed E-state index contributed by atoms with van der Waals surface area (Å²) in [6.07, 6.45) is 15.6. The molecule has 2 unspecified atom stereocenters. The molecule has 0 bridgehead atoms. The van der Waals surface area contributed by atoms with Gasteiger partial charge in [0.2, 0.25) is 0 Å². The van der Waals surface area contributed by atoms with E-state index in [1.807, 2.05) is 6.07 Å². The van der Waals surface area contributed by atoms with Gasteiger partial charge in [-0.25, -0.2) is 13.6 Å². The fraction of sp³-hybridized carbons (Fsp3) is 0.621. The van der Waals surface area contributed by atoms with Crippen LogP contribution in [0.5, 0.6) is 0 Å². The van der Waals surface area contributed by atoms with Crippen molar-refractivity contribution in [2.45, 2.75) is 89.9 Å². The van der Waals surface area contributed by atoms with Gasteiger partial charge in [0.25, 0.3) is 0 Å². The number of carbonyl (C=O) groups is 1. The molecule has 0 radical (unpaired) electrons.